The molecule has 0 aliphatic heterocycles. The maximum absolute atomic E-state index is 12.9. The van der Waals surface area contributed by atoms with Gasteiger partial charge in [-0.3, -0.25) is 4.90 Å². The summed E-state index contributed by atoms with van der Waals surface area (Å²) < 4.78 is 5.67. The number of fused-ring (bicyclic) bond motifs is 3. The Hall–Kier alpha value is -4.38. The van der Waals surface area contributed by atoms with E-state index in [4.69, 9.17) is 4.74 Å². The molecule has 1 amide bonds. The third-order valence-corrected chi connectivity index (χ3v) is 6.87. The van der Waals surface area contributed by atoms with Crippen LogP contribution >= 0.6 is 0 Å². The number of carboxylic acids is 1. The Morgan fingerprint density at radius 2 is 1.31 bits per heavy atom. The van der Waals surface area contributed by atoms with Crippen LogP contribution < -0.4 is 0 Å². The number of carboxylic acid groups (broad SMARTS) is 1. The Bertz CT molecular complexity index is 1340. The molecule has 5 nitrogen and oxygen atoms in total. The smallest absolute Gasteiger partial charge is 0.410 e. The predicted octanol–water partition coefficient (Wildman–Crippen LogP) is 6.23. The quantitative estimate of drug-likeness (QED) is 0.343. The summed E-state index contributed by atoms with van der Waals surface area (Å²) in [6.07, 6.45) is -0.462. The lowest BCUT2D eigenvalue weighted by Gasteiger charge is -2.25. The number of carbonyl (C=O) groups is 2. The highest BCUT2D eigenvalue weighted by atomic mass is 16.6. The van der Waals surface area contributed by atoms with Crippen molar-refractivity contribution in [3.05, 3.63) is 120 Å². The van der Waals surface area contributed by atoms with Crippen molar-refractivity contribution < 1.29 is 19.4 Å². The highest BCUT2D eigenvalue weighted by Gasteiger charge is 2.32. The van der Waals surface area contributed by atoms with Crippen LogP contribution in [0.25, 0.3) is 22.3 Å². The van der Waals surface area contributed by atoms with Crippen LogP contribution in [0.5, 0.6) is 0 Å². The minimum atomic E-state index is -1.07. The maximum Gasteiger partial charge on any atom is 0.410 e. The summed E-state index contributed by atoms with van der Waals surface area (Å²) in [5.41, 5.74) is 7.49. The van der Waals surface area contributed by atoms with Crippen LogP contribution in [0, 0.1) is 0 Å². The number of amides is 1. The second kappa shape index (κ2) is 10.1. The predicted molar refractivity (Wildman–Crippen MR) is 140 cm³/mol. The van der Waals surface area contributed by atoms with E-state index in [1.165, 1.54) is 11.9 Å². The molecule has 0 radical (unpaired) electrons. The van der Waals surface area contributed by atoms with E-state index in [9.17, 15) is 14.7 Å². The molecule has 1 N–H and O–H groups in total. The first-order chi connectivity index (χ1) is 17.5. The van der Waals surface area contributed by atoms with E-state index in [-0.39, 0.29) is 18.9 Å². The third kappa shape index (κ3) is 4.60. The van der Waals surface area contributed by atoms with Crippen molar-refractivity contribution in [1.82, 2.24) is 4.90 Å². The van der Waals surface area contributed by atoms with Crippen LogP contribution in [0.4, 0.5) is 4.79 Å². The first kappa shape index (κ1) is 23.4. The lowest BCUT2D eigenvalue weighted by atomic mass is 9.98. The Labute approximate surface area is 210 Å². The molecule has 5 heteroatoms. The van der Waals surface area contributed by atoms with Gasteiger partial charge in [0.05, 0.1) is 0 Å². The van der Waals surface area contributed by atoms with E-state index in [1.807, 2.05) is 78.9 Å². The van der Waals surface area contributed by atoms with Crippen molar-refractivity contribution in [3.63, 3.8) is 0 Å². The largest absolute Gasteiger partial charge is 0.480 e. The Balaban J connectivity index is 1.27. The molecule has 0 saturated heterocycles. The molecule has 0 saturated carbocycles. The zero-order valence-corrected chi connectivity index (χ0v) is 20.0. The molecule has 0 fully saturated rings. The second-order valence-corrected chi connectivity index (χ2v) is 9.04. The minimum Gasteiger partial charge on any atom is -0.480 e. The Morgan fingerprint density at radius 3 is 1.89 bits per heavy atom. The van der Waals surface area contributed by atoms with Gasteiger partial charge in [0, 0.05) is 19.4 Å². The van der Waals surface area contributed by atoms with Gasteiger partial charge in [-0.05, 0) is 38.9 Å². The first-order valence-electron chi connectivity index (χ1n) is 12.0. The van der Waals surface area contributed by atoms with E-state index in [2.05, 4.69) is 24.3 Å². The normalized spacial score (nSPS) is 12.9. The molecule has 1 aliphatic carbocycles. The Kier molecular flexibility index (Phi) is 6.54. The van der Waals surface area contributed by atoms with E-state index in [0.29, 0.717) is 0 Å². The van der Waals surface area contributed by atoms with Crippen LogP contribution in [-0.4, -0.2) is 41.8 Å². The maximum atomic E-state index is 12.9. The monoisotopic (exact) mass is 477 g/mol. The van der Waals surface area contributed by atoms with Crippen molar-refractivity contribution >= 4 is 12.1 Å². The lowest BCUT2D eigenvalue weighted by molar-refractivity contribution is -0.142. The summed E-state index contributed by atoms with van der Waals surface area (Å²) in [5, 5.41) is 9.88. The van der Waals surface area contributed by atoms with Gasteiger partial charge >= 0.3 is 12.1 Å². The Morgan fingerprint density at radius 1 is 0.778 bits per heavy atom. The summed E-state index contributed by atoms with van der Waals surface area (Å²) in [5.74, 6) is -1.15. The van der Waals surface area contributed by atoms with Crippen LogP contribution in [0.1, 0.15) is 22.6 Å². The van der Waals surface area contributed by atoms with Crippen LogP contribution in [0.3, 0.4) is 0 Å². The molecule has 0 aromatic heterocycles. The molecule has 1 aliphatic rings. The lowest BCUT2D eigenvalue weighted by Crippen LogP contribution is -2.44. The summed E-state index contributed by atoms with van der Waals surface area (Å²) in [6.45, 7) is 0.148. The van der Waals surface area contributed by atoms with Crippen molar-refractivity contribution in [2.45, 2.75) is 18.4 Å². The highest BCUT2D eigenvalue weighted by Crippen LogP contribution is 2.44. The van der Waals surface area contributed by atoms with Gasteiger partial charge in [0.2, 0.25) is 0 Å². The van der Waals surface area contributed by atoms with Gasteiger partial charge in [-0.1, -0.05) is 103 Å². The van der Waals surface area contributed by atoms with Gasteiger partial charge in [0.25, 0.3) is 0 Å². The van der Waals surface area contributed by atoms with Gasteiger partial charge in [-0.15, -0.1) is 0 Å². The van der Waals surface area contributed by atoms with Crippen molar-refractivity contribution in [2.75, 3.05) is 13.7 Å². The molecule has 0 bridgehead atoms. The van der Waals surface area contributed by atoms with Crippen molar-refractivity contribution in [2.24, 2.45) is 0 Å². The summed E-state index contributed by atoms with van der Waals surface area (Å²) in [7, 11) is 1.48. The molecule has 4 aromatic carbocycles. The number of carbonyl (C=O) groups excluding carboxylic acids is 1. The molecule has 4 aromatic rings. The average Bonchev–Trinajstić information content (AvgIpc) is 3.24. The standard InChI is InChI=1S/C31H27NO4/c1-32(29(30(33)34)19-21-15-17-23(18-16-21)22-9-3-2-4-10-22)31(35)36-20-28-26-13-7-5-11-24(26)25-12-6-8-14-27(25)28/h2-18,28-29H,19-20H2,1H3,(H,33,34)/t29-/m1/s1. The molecule has 36 heavy (non-hydrogen) atoms. The van der Waals surface area contributed by atoms with Gasteiger partial charge in [0.1, 0.15) is 12.6 Å². The SMILES string of the molecule is CN(C(=O)OCC1c2ccccc2-c2ccccc21)[C@H](Cc1ccc(-c2ccccc2)cc1)C(=O)O. The third-order valence-electron chi connectivity index (χ3n) is 6.87. The summed E-state index contributed by atoms with van der Waals surface area (Å²) in [4.78, 5) is 26.2. The number of rotatable bonds is 7. The zero-order chi connectivity index (χ0) is 25.1. The molecule has 0 unspecified atom stereocenters. The number of hydrogen-bond donors (Lipinski definition) is 1. The van der Waals surface area contributed by atoms with E-state index < -0.39 is 18.1 Å². The zero-order valence-electron chi connectivity index (χ0n) is 20.0. The van der Waals surface area contributed by atoms with E-state index in [1.54, 1.807) is 0 Å². The fraction of sp³-hybridized carbons (Fsp3) is 0.161. The second-order valence-electron chi connectivity index (χ2n) is 9.04. The highest BCUT2D eigenvalue weighted by molar-refractivity contribution is 5.81. The summed E-state index contributed by atoms with van der Waals surface area (Å²) in [6, 6.07) is 32.9. The molecule has 180 valence electrons. The van der Waals surface area contributed by atoms with Crippen LogP contribution in [-0.2, 0) is 16.0 Å². The minimum absolute atomic E-state index is 0.0800. The summed E-state index contributed by atoms with van der Waals surface area (Å²) >= 11 is 0. The van der Waals surface area contributed by atoms with E-state index in [0.717, 1.165) is 38.9 Å². The van der Waals surface area contributed by atoms with Crippen LogP contribution in [0.2, 0.25) is 0 Å². The van der Waals surface area contributed by atoms with Gasteiger partial charge in [-0.2, -0.15) is 0 Å². The van der Waals surface area contributed by atoms with Crippen molar-refractivity contribution in [1.29, 1.82) is 0 Å². The van der Waals surface area contributed by atoms with Gasteiger partial charge < -0.3 is 9.84 Å². The molecule has 0 heterocycles. The number of aliphatic carboxylic acids is 1. The number of likely N-dealkylation sites (N-methyl/N-ethyl adjacent to an activating group) is 1. The average molecular weight is 478 g/mol. The fourth-order valence-corrected chi connectivity index (χ4v) is 4.90. The number of benzene rings is 4. The van der Waals surface area contributed by atoms with Crippen LogP contribution in [0.15, 0.2) is 103 Å². The first-order valence-corrected chi connectivity index (χ1v) is 12.0. The molecular formula is C31H27NO4. The van der Waals surface area contributed by atoms with Gasteiger partial charge in [0.15, 0.2) is 0 Å². The molecule has 0 spiro atoms. The molecule has 5 rings (SSSR count). The fourth-order valence-electron chi connectivity index (χ4n) is 4.90. The number of ether oxygens (including phenoxy) is 1. The van der Waals surface area contributed by atoms with Crippen molar-refractivity contribution in [3.8, 4) is 22.3 Å². The molecule has 1 atom stereocenters. The van der Waals surface area contributed by atoms with Gasteiger partial charge in [-0.25, -0.2) is 9.59 Å². The topological polar surface area (TPSA) is 66.8 Å². The molecular weight excluding hydrogens is 450 g/mol. The van der Waals surface area contributed by atoms with E-state index >= 15 is 0 Å². The number of hydrogen-bond acceptors (Lipinski definition) is 3. The number of nitrogens with zero attached hydrogens (tertiary/aromatic N) is 1.